The smallest absolute Gasteiger partial charge is 0.330 e. The molecule has 0 saturated heterocycles. The van der Waals surface area contributed by atoms with E-state index in [1.54, 1.807) is 6.92 Å². The summed E-state index contributed by atoms with van der Waals surface area (Å²) in [5.74, 6) is 0.592. The van der Waals surface area contributed by atoms with Crippen molar-refractivity contribution in [2.75, 3.05) is 6.54 Å². The number of halogens is 3. The summed E-state index contributed by atoms with van der Waals surface area (Å²) in [6, 6.07) is 4.27. The van der Waals surface area contributed by atoms with Gasteiger partial charge in [0.05, 0.1) is 5.56 Å². The molecule has 1 saturated carbocycles. The molecule has 0 spiro atoms. The molecule has 0 amide bonds. The molecule has 1 nitrogen and oxygen atoms in total. The molecule has 2 N–H and O–H groups in total. The third kappa shape index (κ3) is 2.21. The summed E-state index contributed by atoms with van der Waals surface area (Å²) in [4.78, 5) is 0. The number of benzene rings is 1. The second-order valence-corrected chi connectivity index (χ2v) is 4.47. The van der Waals surface area contributed by atoms with Crippen LogP contribution in [-0.2, 0) is 6.18 Å². The topological polar surface area (TPSA) is 26.0 Å². The van der Waals surface area contributed by atoms with E-state index >= 15 is 0 Å². The van der Waals surface area contributed by atoms with E-state index in [2.05, 4.69) is 0 Å². The van der Waals surface area contributed by atoms with Crippen molar-refractivity contribution in [3.05, 3.63) is 34.9 Å². The molecule has 0 heterocycles. The fourth-order valence-corrected chi connectivity index (χ4v) is 2.11. The van der Waals surface area contributed by atoms with Crippen LogP contribution in [0.15, 0.2) is 18.2 Å². The Morgan fingerprint density at radius 3 is 2.50 bits per heavy atom. The summed E-state index contributed by atoms with van der Waals surface area (Å²) in [6.07, 6.45) is -3.34. The monoisotopic (exact) mass is 229 g/mol. The number of aryl methyl sites for hydroxylation is 1. The summed E-state index contributed by atoms with van der Waals surface area (Å²) in [5.41, 5.74) is 6.39. The Hall–Kier alpha value is -1.03. The average molecular weight is 229 g/mol. The number of nitrogens with two attached hydrogens (primary N) is 1. The summed E-state index contributed by atoms with van der Waals surface area (Å²) in [6.45, 7) is 2.25. The van der Waals surface area contributed by atoms with Gasteiger partial charge in [-0.25, -0.2) is 0 Å². The zero-order valence-corrected chi connectivity index (χ0v) is 9.01. The molecule has 0 radical (unpaired) electrons. The lowest BCUT2D eigenvalue weighted by Gasteiger charge is -2.10. The Balaban J connectivity index is 2.31. The molecule has 4 heteroatoms. The normalized spacial score (nSPS) is 24.6. The van der Waals surface area contributed by atoms with E-state index in [4.69, 9.17) is 5.73 Å². The van der Waals surface area contributed by atoms with E-state index in [0.717, 1.165) is 12.0 Å². The second kappa shape index (κ2) is 3.77. The van der Waals surface area contributed by atoms with Crippen molar-refractivity contribution < 1.29 is 13.2 Å². The molecular weight excluding hydrogens is 215 g/mol. The van der Waals surface area contributed by atoms with Crippen molar-refractivity contribution in [3.63, 3.8) is 0 Å². The minimum Gasteiger partial charge on any atom is -0.330 e. The van der Waals surface area contributed by atoms with Gasteiger partial charge in [0.25, 0.3) is 0 Å². The first-order valence-electron chi connectivity index (χ1n) is 5.30. The largest absolute Gasteiger partial charge is 0.416 e. The number of alkyl halides is 3. The van der Waals surface area contributed by atoms with Crippen LogP contribution in [0.25, 0.3) is 0 Å². The molecular formula is C12H14F3N. The van der Waals surface area contributed by atoms with Crippen molar-refractivity contribution in [1.82, 2.24) is 0 Å². The number of hydrogen-bond acceptors (Lipinski definition) is 1. The van der Waals surface area contributed by atoms with Crippen LogP contribution < -0.4 is 5.73 Å². The van der Waals surface area contributed by atoms with Crippen molar-refractivity contribution in [2.24, 2.45) is 11.7 Å². The molecule has 1 aromatic carbocycles. The third-order valence-corrected chi connectivity index (χ3v) is 3.08. The van der Waals surface area contributed by atoms with E-state index < -0.39 is 11.7 Å². The average Bonchev–Trinajstić information content (AvgIpc) is 2.94. The molecule has 1 fully saturated rings. The van der Waals surface area contributed by atoms with Gasteiger partial charge in [-0.1, -0.05) is 11.6 Å². The molecule has 2 unspecified atom stereocenters. The van der Waals surface area contributed by atoms with Gasteiger partial charge < -0.3 is 5.73 Å². The van der Waals surface area contributed by atoms with Gasteiger partial charge in [-0.05, 0) is 49.4 Å². The van der Waals surface area contributed by atoms with Gasteiger partial charge in [0.2, 0.25) is 0 Å². The molecule has 1 aromatic rings. The molecule has 0 bridgehead atoms. The Bertz CT molecular complexity index is 398. The van der Waals surface area contributed by atoms with Crippen LogP contribution in [0.1, 0.15) is 29.0 Å². The van der Waals surface area contributed by atoms with Crippen molar-refractivity contribution in [2.45, 2.75) is 25.4 Å². The zero-order chi connectivity index (χ0) is 11.9. The predicted molar refractivity (Wildman–Crippen MR) is 56.1 cm³/mol. The van der Waals surface area contributed by atoms with Gasteiger partial charge in [-0.3, -0.25) is 0 Å². The summed E-state index contributed by atoms with van der Waals surface area (Å²) in [7, 11) is 0. The Morgan fingerprint density at radius 2 is 2.00 bits per heavy atom. The Kier molecular flexibility index (Phi) is 2.70. The SMILES string of the molecule is Cc1cc(C2CC2CN)cc(C(F)(F)F)c1. The van der Waals surface area contributed by atoms with Gasteiger partial charge in [0.1, 0.15) is 0 Å². The molecule has 2 rings (SSSR count). The molecule has 0 aliphatic heterocycles. The highest BCUT2D eigenvalue weighted by Gasteiger charge is 2.39. The second-order valence-electron chi connectivity index (χ2n) is 4.47. The van der Waals surface area contributed by atoms with Gasteiger partial charge in [-0.2, -0.15) is 13.2 Å². The van der Waals surface area contributed by atoms with Crippen LogP contribution >= 0.6 is 0 Å². The lowest BCUT2D eigenvalue weighted by atomic mass is 10.0. The first-order valence-corrected chi connectivity index (χ1v) is 5.30. The highest BCUT2D eigenvalue weighted by atomic mass is 19.4. The van der Waals surface area contributed by atoms with Crippen LogP contribution in [0.4, 0.5) is 13.2 Å². The van der Waals surface area contributed by atoms with Crippen LogP contribution in [0.5, 0.6) is 0 Å². The highest BCUT2D eigenvalue weighted by molar-refractivity contribution is 5.36. The fourth-order valence-electron chi connectivity index (χ4n) is 2.11. The maximum atomic E-state index is 12.6. The van der Waals surface area contributed by atoms with Crippen LogP contribution in [-0.4, -0.2) is 6.54 Å². The summed E-state index contributed by atoms with van der Waals surface area (Å²) in [5, 5.41) is 0. The van der Waals surface area contributed by atoms with Crippen LogP contribution in [0.3, 0.4) is 0 Å². The fraction of sp³-hybridized carbons (Fsp3) is 0.500. The summed E-state index contributed by atoms with van der Waals surface area (Å²) < 4.78 is 37.8. The molecule has 16 heavy (non-hydrogen) atoms. The Morgan fingerprint density at radius 1 is 1.31 bits per heavy atom. The zero-order valence-electron chi connectivity index (χ0n) is 9.01. The molecule has 1 aliphatic carbocycles. The van der Waals surface area contributed by atoms with Gasteiger partial charge in [-0.15, -0.1) is 0 Å². The van der Waals surface area contributed by atoms with Crippen molar-refractivity contribution in [3.8, 4) is 0 Å². The molecule has 2 atom stereocenters. The first-order chi connectivity index (χ1) is 7.41. The third-order valence-electron chi connectivity index (χ3n) is 3.08. The Labute approximate surface area is 92.5 Å². The lowest BCUT2D eigenvalue weighted by molar-refractivity contribution is -0.137. The maximum absolute atomic E-state index is 12.6. The predicted octanol–water partition coefficient (Wildman–Crippen LogP) is 3.08. The van der Waals surface area contributed by atoms with Gasteiger partial charge in [0, 0.05) is 0 Å². The molecule has 88 valence electrons. The lowest BCUT2D eigenvalue weighted by Crippen LogP contribution is -2.07. The quantitative estimate of drug-likeness (QED) is 0.828. The van der Waals surface area contributed by atoms with E-state index in [1.807, 2.05) is 6.07 Å². The van der Waals surface area contributed by atoms with Gasteiger partial charge >= 0.3 is 6.18 Å². The highest BCUT2D eigenvalue weighted by Crippen LogP contribution is 2.47. The van der Waals surface area contributed by atoms with Crippen molar-refractivity contribution in [1.29, 1.82) is 0 Å². The molecule has 1 aliphatic rings. The number of rotatable bonds is 2. The minimum absolute atomic E-state index is 0.228. The van der Waals surface area contributed by atoms with E-state index in [0.29, 0.717) is 18.0 Å². The van der Waals surface area contributed by atoms with Crippen molar-refractivity contribution >= 4 is 0 Å². The minimum atomic E-state index is -4.26. The first kappa shape index (κ1) is 11.5. The van der Waals surface area contributed by atoms with E-state index in [-0.39, 0.29) is 5.92 Å². The van der Waals surface area contributed by atoms with E-state index in [9.17, 15) is 13.2 Å². The summed E-state index contributed by atoms with van der Waals surface area (Å²) >= 11 is 0. The van der Waals surface area contributed by atoms with Crippen LogP contribution in [0.2, 0.25) is 0 Å². The maximum Gasteiger partial charge on any atom is 0.416 e. The standard InChI is InChI=1S/C12H14F3N/c1-7-2-8(11-5-9(11)6-16)4-10(3-7)12(13,14)15/h2-4,9,11H,5-6,16H2,1H3. The van der Waals surface area contributed by atoms with Gasteiger partial charge in [0.15, 0.2) is 0 Å². The number of hydrogen-bond donors (Lipinski definition) is 1. The van der Waals surface area contributed by atoms with Crippen LogP contribution in [0, 0.1) is 12.8 Å². The molecule has 0 aromatic heterocycles. The van der Waals surface area contributed by atoms with E-state index in [1.165, 1.54) is 12.1 Å².